The van der Waals surface area contributed by atoms with Crippen LogP contribution in [-0.4, -0.2) is 0 Å². The zero-order valence-corrected chi connectivity index (χ0v) is 12.7. The second-order valence-corrected chi connectivity index (χ2v) is 5.90. The van der Waals surface area contributed by atoms with Crippen LogP contribution >= 0.6 is 0 Å². The molecule has 0 amide bonds. The summed E-state index contributed by atoms with van der Waals surface area (Å²) in [6, 6.07) is 19.7. The monoisotopic (exact) mass is 282 g/mol. The summed E-state index contributed by atoms with van der Waals surface area (Å²) >= 11 is 0. The summed E-state index contributed by atoms with van der Waals surface area (Å²) in [5.41, 5.74) is 4.04. The van der Waals surface area contributed by atoms with Crippen LogP contribution in [0, 0.1) is 0 Å². The molecule has 3 aromatic carbocycles. The molecule has 0 atom stereocenters. The predicted molar refractivity (Wildman–Crippen MR) is 96.9 cm³/mol. The Morgan fingerprint density at radius 1 is 0.773 bits per heavy atom. The lowest BCUT2D eigenvalue weighted by Gasteiger charge is -2.12. The number of benzene rings is 3. The van der Waals surface area contributed by atoms with E-state index < -0.39 is 0 Å². The normalized spacial score (nSPS) is 14.8. The Hall–Kier alpha value is -2.60. The van der Waals surface area contributed by atoms with E-state index in [4.69, 9.17) is 0 Å². The van der Waals surface area contributed by atoms with Crippen molar-refractivity contribution >= 4 is 27.1 Å². The summed E-state index contributed by atoms with van der Waals surface area (Å²) in [6.07, 6.45) is 9.92. The van der Waals surface area contributed by atoms with Gasteiger partial charge in [-0.2, -0.15) is 0 Å². The van der Waals surface area contributed by atoms with Crippen LogP contribution in [0.2, 0.25) is 0 Å². The van der Waals surface area contributed by atoms with Gasteiger partial charge in [-0.15, -0.1) is 0 Å². The maximum Gasteiger partial charge on any atom is -0.00881 e. The summed E-state index contributed by atoms with van der Waals surface area (Å²) < 4.78 is 0. The molecule has 106 valence electrons. The molecule has 0 nitrogen and oxygen atoms in total. The Balaban J connectivity index is 2.06. The van der Waals surface area contributed by atoms with Crippen LogP contribution in [0.3, 0.4) is 0 Å². The summed E-state index contributed by atoms with van der Waals surface area (Å²) in [5.74, 6) is 0. The third kappa shape index (κ3) is 2.17. The Morgan fingerprint density at radius 2 is 1.50 bits per heavy atom. The van der Waals surface area contributed by atoms with Gasteiger partial charge >= 0.3 is 0 Å². The molecule has 0 heteroatoms. The van der Waals surface area contributed by atoms with E-state index in [1.54, 1.807) is 0 Å². The van der Waals surface area contributed by atoms with E-state index in [0.717, 1.165) is 6.42 Å². The summed E-state index contributed by atoms with van der Waals surface area (Å²) in [5, 5.41) is 5.32. The minimum atomic E-state index is 0.982. The van der Waals surface area contributed by atoms with Crippen LogP contribution < -0.4 is 0 Å². The van der Waals surface area contributed by atoms with Crippen molar-refractivity contribution < 1.29 is 0 Å². The van der Waals surface area contributed by atoms with Crippen LogP contribution in [0.4, 0.5) is 0 Å². The molecular formula is C22H18. The first-order valence-electron chi connectivity index (χ1n) is 7.78. The van der Waals surface area contributed by atoms with E-state index in [0.29, 0.717) is 0 Å². The van der Waals surface area contributed by atoms with Crippen molar-refractivity contribution in [2.75, 3.05) is 0 Å². The first-order valence-corrected chi connectivity index (χ1v) is 7.78. The highest BCUT2D eigenvalue weighted by Crippen LogP contribution is 2.34. The fourth-order valence-corrected chi connectivity index (χ4v) is 3.25. The molecule has 3 aromatic rings. The van der Waals surface area contributed by atoms with Gasteiger partial charge in [-0.1, -0.05) is 78.4 Å². The summed E-state index contributed by atoms with van der Waals surface area (Å²) in [6.45, 7) is 2.15. The highest BCUT2D eigenvalue weighted by molar-refractivity contribution is 6.12. The Labute approximate surface area is 131 Å². The van der Waals surface area contributed by atoms with E-state index in [1.807, 2.05) is 0 Å². The fourth-order valence-electron chi connectivity index (χ4n) is 3.25. The van der Waals surface area contributed by atoms with Crippen molar-refractivity contribution in [3.63, 3.8) is 0 Å². The maximum atomic E-state index is 2.34. The lowest BCUT2D eigenvalue weighted by Crippen LogP contribution is -1.88. The molecule has 0 aliphatic heterocycles. The van der Waals surface area contributed by atoms with Crippen molar-refractivity contribution in [1.29, 1.82) is 0 Å². The number of rotatable bonds is 1. The molecule has 4 rings (SSSR count). The number of allylic oxidation sites excluding steroid dienone is 6. The Bertz CT molecular complexity index is 952. The predicted octanol–water partition coefficient (Wildman–Crippen LogP) is 6.28. The molecule has 0 saturated heterocycles. The van der Waals surface area contributed by atoms with Crippen molar-refractivity contribution in [2.24, 2.45) is 0 Å². The third-order valence-corrected chi connectivity index (χ3v) is 4.38. The molecule has 22 heavy (non-hydrogen) atoms. The van der Waals surface area contributed by atoms with Gasteiger partial charge in [-0.3, -0.25) is 0 Å². The molecule has 1 aliphatic carbocycles. The third-order valence-electron chi connectivity index (χ3n) is 4.38. The molecule has 0 fully saturated rings. The van der Waals surface area contributed by atoms with Crippen LogP contribution in [0.15, 0.2) is 84.5 Å². The van der Waals surface area contributed by atoms with Gasteiger partial charge < -0.3 is 0 Å². The van der Waals surface area contributed by atoms with Gasteiger partial charge in [0.2, 0.25) is 0 Å². The van der Waals surface area contributed by atoms with Gasteiger partial charge in [0.25, 0.3) is 0 Å². The first kappa shape index (κ1) is 13.1. The lowest BCUT2D eigenvalue weighted by molar-refractivity contribution is 1.40. The van der Waals surface area contributed by atoms with E-state index >= 15 is 0 Å². The topological polar surface area (TPSA) is 0 Å². The van der Waals surface area contributed by atoms with Crippen LogP contribution in [0.5, 0.6) is 0 Å². The molecule has 1 aliphatic rings. The van der Waals surface area contributed by atoms with Crippen LogP contribution in [0.1, 0.15) is 18.9 Å². The molecule has 0 saturated carbocycles. The zero-order valence-electron chi connectivity index (χ0n) is 12.7. The van der Waals surface area contributed by atoms with E-state index in [9.17, 15) is 0 Å². The standard InChI is InChI=1S/C22H18/c1-16-7-6-9-17(14-13-16)22-15-18-8-2-3-10-19(18)20-11-4-5-12-21(20)22/h2-8,10-15H,9H2,1H3. The lowest BCUT2D eigenvalue weighted by atomic mass is 9.92. The molecule has 0 bridgehead atoms. The van der Waals surface area contributed by atoms with Gasteiger partial charge in [-0.05, 0) is 52.1 Å². The van der Waals surface area contributed by atoms with Gasteiger partial charge in [0.1, 0.15) is 0 Å². The van der Waals surface area contributed by atoms with E-state index in [-0.39, 0.29) is 0 Å². The molecule has 0 radical (unpaired) electrons. The fraction of sp³-hybridized carbons (Fsp3) is 0.0909. The van der Waals surface area contributed by atoms with Crippen LogP contribution in [0.25, 0.3) is 27.1 Å². The molecule has 0 unspecified atom stereocenters. The van der Waals surface area contributed by atoms with Crippen molar-refractivity contribution in [3.8, 4) is 0 Å². The van der Waals surface area contributed by atoms with E-state index in [2.05, 4.69) is 85.8 Å². The average Bonchev–Trinajstić information content (AvgIpc) is 2.79. The summed E-state index contributed by atoms with van der Waals surface area (Å²) in [7, 11) is 0. The highest BCUT2D eigenvalue weighted by atomic mass is 14.1. The average molecular weight is 282 g/mol. The molecule has 0 spiro atoms. The molecule has 0 heterocycles. The molecular weight excluding hydrogens is 264 g/mol. The second kappa shape index (κ2) is 5.31. The second-order valence-electron chi connectivity index (χ2n) is 5.90. The highest BCUT2D eigenvalue weighted by Gasteiger charge is 2.09. The molecule has 0 N–H and O–H groups in total. The van der Waals surface area contributed by atoms with E-state index in [1.165, 1.54) is 38.3 Å². The number of fused-ring (bicyclic) bond motifs is 3. The SMILES string of the molecule is CC1=CC=C(c2cc3ccccc3c3ccccc23)CC=C1. The van der Waals surface area contributed by atoms with Crippen molar-refractivity contribution in [2.45, 2.75) is 13.3 Å². The van der Waals surface area contributed by atoms with Gasteiger partial charge in [0.15, 0.2) is 0 Å². The quantitative estimate of drug-likeness (QED) is 0.460. The summed E-state index contributed by atoms with van der Waals surface area (Å²) in [4.78, 5) is 0. The van der Waals surface area contributed by atoms with Gasteiger partial charge in [-0.25, -0.2) is 0 Å². The molecule has 0 aromatic heterocycles. The van der Waals surface area contributed by atoms with Crippen molar-refractivity contribution in [3.05, 3.63) is 90.0 Å². The van der Waals surface area contributed by atoms with Crippen molar-refractivity contribution in [1.82, 2.24) is 0 Å². The van der Waals surface area contributed by atoms with Gasteiger partial charge in [0.05, 0.1) is 0 Å². The Morgan fingerprint density at radius 3 is 2.36 bits per heavy atom. The van der Waals surface area contributed by atoms with Gasteiger partial charge in [0, 0.05) is 0 Å². The Kier molecular flexibility index (Phi) is 3.16. The largest absolute Gasteiger partial charge is 0.0798 e. The minimum Gasteiger partial charge on any atom is -0.0798 e. The zero-order chi connectivity index (χ0) is 14.9. The number of hydrogen-bond donors (Lipinski definition) is 0. The smallest absolute Gasteiger partial charge is 0.00881 e. The van der Waals surface area contributed by atoms with Crippen LogP contribution in [-0.2, 0) is 0 Å². The minimum absolute atomic E-state index is 0.982. The number of hydrogen-bond acceptors (Lipinski definition) is 0. The first-order chi connectivity index (χ1) is 10.8. The maximum absolute atomic E-state index is 2.34.